The molecule has 270 valence electrons. The van der Waals surface area contributed by atoms with Gasteiger partial charge in [0.25, 0.3) is 21.8 Å². The number of hydrogen-bond donors (Lipinski definition) is 1. The number of nitrogens with zero attached hydrogens (tertiary/aromatic N) is 4. The molecule has 1 aliphatic heterocycles. The number of carbonyl (C=O) groups excluding carboxylic acids is 2. The average Bonchev–Trinajstić information content (AvgIpc) is 3.91. The highest BCUT2D eigenvalue weighted by Gasteiger charge is 2.49. The van der Waals surface area contributed by atoms with Gasteiger partial charge in [-0.1, -0.05) is 67.7 Å². The van der Waals surface area contributed by atoms with Gasteiger partial charge in [-0.25, -0.2) is 13.1 Å². The molecule has 2 aromatic carbocycles. The fourth-order valence-corrected chi connectivity index (χ4v) is 8.95. The minimum absolute atomic E-state index is 0.0465. The van der Waals surface area contributed by atoms with Gasteiger partial charge in [0, 0.05) is 31.1 Å². The predicted molar refractivity (Wildman–Crippen MR) is 199 cm³/mol. The molecule has 51 heavy (non-hydrogen) atoms. The molecule has 4 aromatic rings. The number of benzene rings is 2. The zero-order valence-electron chi connectivity index (χ0n) is 29.8. The minimum Gasteiger partial charge on any atom is -0.492 e. The van der Waals surface area contributed by atoms with Crippen molar-refractivity contribution in [2.24, 2.45) is 4.99 Å². The van der Waals surface area contributed by atoms with Gasteiger partial charge >= 0.3 is 0 Å². The third-order valence-corrected chi connectivity index (χ3v) is 12.0. The van der Waals surface area contributed by atoms with Crippen LogP contribution in [0.1, 0.15) is 90.8 Å². The Hall–Kier alpha value is -4.49. The summed E-state index contributed by atoms with van der Waals surface area (Å²) in [5.41, 5.74) is 3.21. The van der Waals surface area contributed by atoms with Crippen LogP contribution in [0.5, 0.6) is 5.75 Å². The summed E-state index contributed by atoms with van der Waals surface area (Å²) in [6, 6.07) is 14.3. The van der Waals surface area contributed by atoms with E-state index in [4.69, 9.17) is 14.3 Å². The van der Waals surface area contributed by atoms with Crippen LogP contribution in [0.4, 0.5) is 5.88 Å². The van der Waals surface area contributed by atoms with Crippen molar-refractivity contribution in [3.63, 3.8) is 0 Å². The largest absolute Gasteiger partial charge is 0.492 e. The van der Waals surface area contributed by atoms with Crippen LogP contribution in [0, 0.1) is 13.8 Å². The van der Waals surface area contributed by atoms with E-state index in [0.29, 0.717) is 46.2 Å². The Bertz CT molecular complexity index is 2060. The third kappa shape index (κ3) is 7.32. The van der Waals surface area contributed by atoms with Gasteiger partial charge in [0.15, 0.2) is 0 Å². The van der Waals surface area contributed by atoms with Crippen molar-refractivity contribution < 1.29 is 27.3 Å². The normalized spacial score (nSPS) is 15.4. The zero-order valence-corrected chi connectivity index (χ0v) is 31.5. The molecule has 0 atom stereocenters. The van der Waals surface area contributed by atoms with Crippen molar-refractivity contribution in [2.45, 2.75) is 96.2 Å². The van der Waals surface area contributed by atoms with Crippen molar-refractivity contribution in [2.75, 3.05) is 18.4 Å². The summed E-state index contributed by atoms with van der Waals surface area (Å²) in [7, 11) is -2.40. The van der Waals surface area contributed by atoms with Crippen LogP contribution in [-0.4, -0.2) is 60.2 Å². The molecule has 11 nitrogen and oxygen atoms in total. The molecule has 1 fully saturated rings. The molecular formula is C38H45N5O6S2. The lowest BCUT2D eigenvalue weighted by Crippen LogP contribution is -2.40. The van der Waals surface area contributed by atoms with E-state index in [1.54, 1.807) is 56.1 Å². The van der Waals surface area contributed by atoms with Crippen molar-refractivity contribution in [3.8, 4) is 16.9 Å². The summed E-state index contributed by atoms with van der Waals surface area (Å²) in [4.78, 5) is 36.8. The number of amidine groups is 1. The zero-order chi connectivity index (χ0) is 36.3. The monoisotopic (exact) mass is 731 g/mol. The van der Waals surface area contributed by atoms with Crippen LogP contribution in [-0.2, 0) is 27.9 Å². The molecule has 2 amide bonds. The summed E-state index contributed by atoms with van der Waals surface area (Å²) in [5.74, 6) is 1.27. The molecule has 0 unspecified atom stereocenters. The predicted octanol–water partition coefficient (Wildman–Crippen LogP) is 7.74. The van der Waals surface area contributed by atoms with Gasteiger partial charge in [0.2, 0.25) is 5.88 Å². The number of aliphatic imine (C=N–C) groups is 1. The summed E-state index contributed by atoms with van der Waals surface area (Å²) in [6.45, 7) is 8.41. The fraction of sp³-hybridized carbons (Fsp3) is 0.421. The number of carbonyl (C=O) groups is 2. The number of sulfonamides is 1. The molecule has 0 saturated heterocycles. The number of rotatable bonds is 14. The maximum Gasteiger partial charge on any atom is 0.267 e. The van der Waals surface area contributed by atoms with E-state index >= 15 is 0 Å². The van der Waals surface area contributed by atoms with Crippen molar-refractivity contribution in [1.29, 1.82) is 0 Å². The number of thiophene rings is 1. The van der Waals surface area contributed by atoms with E-state index in [9.17, 15) is 18.0 Å². The van der Waals surface area contributed by atoms with Crippen LogP contribution in [0.15, 0.2) is 68.3 Å². The van der Waals surface area contributed by atoms with Crippen LogP contribution >= 0.6 is 11.3 Å². The van der Waals surface area contributed by atoms with E-state index in [0.717, 1.165) is 61.9 Å². The molecular weight excluding hydrogens is 687 g/mol. The minimum atomic E-state index is -4.12. The van der Waals surface area contributed by atoms with Gasteiger partial charge in [-0.05, 0) is 74.2 Å². The lowest BCUT2D eigenvalue weighted by Gasteiger charge is -2.24. The van der Waals surface area contributed by atoms with Crippen molar-refractivity contribution in [1.82, 2.24) is 15.0 Å². The van der Waals surface area contributed by atoms with Gasteiger partial charge in [0.1, 0.15) is 22.0 Å². The molecule has 6 rings (SSSR count). The van der Waals surface area contributed by atoms with Gasteiger partial charge in [-0.2, -0.15) is 0 Å². The first-order valence-corrected chi connectivity index (χ1v) is 19.9. The molecule has 3 heterocycles. The van der Waals surface area contributed by atoms with Crippen LogP contribution in [0.2, 0.25) is 0 Å². The lowest BCUT2D eigenvalue weighted by molar-refractivity contribution is -0.131. The van der Waals surface area contributed by atoms with Gasteiger partial charge in [0.05, 0.1) is 23.7 Å². The number of nitrogens with one attached hydrogen (secondary N) is 1. The van der Waals surface area contributed by atoms with Crippen molar-refractivity contribution in [3.05, 3.63) is 81.2 Å². The molecule has 2 aliphatic rings. The summed E-state index contributed by atoms with van der Waals surface area (Å²) in [6.07, 6.45) is 6.19. The Morgan fingerprint density at radius 3 is 2.57 bits per heavy atom. The van der Waals surface area contributed by atoms with E-state index in [-0.39, 0.29) is 29.1 Å². The smallest absolute Gasteiger partial charge is 0.267 e. The topological polar surface area (TPSA) is 134 Å². The number of ether oxygens (including phenoxy) is 1. The first kappa shape index (κ1) is 36.3. The SMILES string of the molecule is CCCCC1=NC2(CCCC2)C(=O)N1Cc1ccc(-c2ccccc2S(=O)(=O)Nc2onc(C)c2C)c(CN(C)C(=O)c2sccc2OCC)c1. The number of hydrogen-bond acceptors (Lipinski definition) is 9. The summed E-state index contributed by atoms with van der Waals surface area (Å²) >= 11 is 1.31. The average molecular weight is 732 g/mol. The maximum atomic E-state index is 14.0. The number of unbranched alkanes of at least 4 members (excludes halogenated alkanes) is 1. The number of aryl methyl sites for hydroxylation is 1. The standard InChI is InChI=1S/C38H45N5O6S2/c1-6-8-15-33-39-38(19-11-12-20-38)37(45)43(33)23-27-16-17-29(28(22-27)24-42(5)36(44)34-31(48-7-2)18-21-50-34)30-13-9-10-14-32(30)51(46,47)41-35-25(3)26(4)40-49-35/h9-10,13-14,16-18,21-22,41H,6-8,11-12,15,19-20,23-24H2,1-5H3. The number of amides is 2. The first-order valence-electron chi connectivity index (χ1n) is 17.5. The van der Waals surface area contributed by atoms with E-state index < -0.39 is 15.6 Å². The van der Waals surface area contributed by atoms with Crippen LogP contribution in [0.3, 0.4) is 0 Å². The maximum absolute atomic E-state index is 14.0. The Morgan fingerprint density at radius 2 is 1.86 bits per heavy atom. The molecule has 13 heteroatoms. The highest BCUT2D eigenvalue weighted by atomic mass is 32.2. The van der Waals surface area contributed by atoms with Gasteiger partial charge < -0.3 is 14.2 Å². The highest BCUT2D eigenvalue weighted by molar-refractivity contribution is 7.92. The second-order valence-electron chi connectivity index (χ2n) is 13.3. The Morgan fingerprint density at radius 1 is 1.10 bits per heavy atom. The molecule has 0 radical (unpaired) electrons. The van der Waals surface area contributed by atoms with E-state index in [1.165, 1.54) is 11.3 Å². The summed E-state index contributed by atoms with van der Waals surface area (Å²) in [5, 5.41) is 5.72. The van der Waals surface area contributed by atoms with Crippen LogP contribution in [0.25, 0.3) is 11.1 Å². The van der Waals surface area contributed by atoms with E-state index in [2.05, 4.69) is 16.8 Å². The quantitative estimate of drug-likeness (QED) is 0.140. The Labute approximate surface area is 303 Å². The van der Waals surface area contributed by atoms with Crippen molar-refractivity contribution >= 4 is 44.9 Å². The van der Waals surface area contributed by atoms with Crippen LogP contribution < -0.4 is 9.46 Å². The molecule has 1 saturated carbocycles. The van der Waals surface area contributed by atoms with Gasteiger partial charge in [-0.15, -0.1) is 11.3 Å². The molecule has 1 spiro atoms. The molecule has 2 aromatic heterocycles. The second kappa shape index (κ2) is 15.0. The van der Waals surface area contributed by atoms with E-state index in [1.807, 2.05) is 35.4 Å². The lowest BCUT2D eigenvalue weighted by atomic mass is 9.96. The molecule has 0 bridgehead atoms. The number of anilines is 1. The Kier molecular flexibility index (Phi) is 10.7. The van der Waals surface area contributed by atoms with Gasteiger partial charge in [-0.3, -0.25) is 19.5 Å². The first-order chi connectivity index (χ1) is 24.5. The Balaban J connectivity index is 1.39. The highest BCUT2D eigenvalue weighted by Crippen LogP contribution is 2.41. The second-order valence-corrected chi connectivity index (χ2v) is 15.9. The fourth-order valence-electron chi connectivity index (χ4n) is 6.85. The number of aromatic nitrogens is 1. The molecule has 1 N–H and O–H groups in total. The summed E-state index contributed by atoms with van der Waals surface area (Å²) < 4.78 is 41.4. The third-order valence-electron chi connectivity index (χ3n) is 9.72. The molecule has 1 aliphatic carbocycles.